The zero-order valence-corrected chi connectivity index (χ0v) is 11.8. The molecule has 3 rings (SSSR count). The van der Waals surface area contributed by atoms with Crippen molar-refractivity contribution in [1.29, 1.82) is 0 Å². The summed E-state index contributed by atoms with van der Waals surface area (Å²) in [6.07, 6.45) is 3.08. The van der Waals surface area contributed by atoms with E-state index in [1.807, 2.05) is 12.1 Å². The number of furan rings is 1. The second-order valence-corrected chi connectivity index (χ2v) is 4.94. The van der Waals surface area contributed by atoms with Gasteiger partial charge in [0.1, 0.15) is 11.5 Å². The normalized spacial score (nSPS) is 11.0. The number of ketones is 2. The van der Waals surface area contributed by atoms with Crippen molar-refractivity contribution in [1.82, 2.24) is 9.61 Å². The van der Waals surface area contributed by atoms with Crippen LogP contribution >= 0.6 is 0 Å². The summed E-state index contributed by atoms with van der Waals surface area (Å²) in [6.45, 7) is 3.50. The zero-order chi connectivity index (χ0) is 15.0. The average Bonchev–Trinajstić information content (AvgIpc) is 3.01. The average molecular weight is 282 g/mol. The van der Waals surface area contributed by atoms with E-state index in [1.165, 1.54) is 6.20 Å². The summed E-state index contributed by atoms with van der Waals surface area (Å²) in [5.74, 6) is 0.744. The van der Waals surface area contributed by atoms with Crippen molar-refractivity contribution in [3.8, 4) is 0 Å². The van der Waals surface area contributed by atoms with E-state index < -0.39 is 0 Å². The molecule has 0 radical (unpaired) electrons. The summed E-state index contributed by atoms with van der Waals surface area (Å²) in [5.41, 5.74) is 1.63. The van der Waals surface area contributed by atoms with E-state index in [4.69, 9.17) is 4.42 Å². The smallest absolute Gasteiger partial charge is 0.174 e. The Morgan fingerprint density at radius 2 is 1.95 bits per heavy atom. The molecule has 0 aliphatic heterocycles. The number of nitrogens with zero attached hydrogens (tertiary/aromatic N) is 2. The van der Waals surface area contributed by atoms with Gasteiger partial charge in [0, 0.05) is 6.20 Å². The van der Waals surface area contributed by atoms with Crippen LogP contribution in [-0.2, 0) is 0 Å². The highest BCUT2D eigenvalue weighted by Gasteiger charge is 2.20. The van der Waals surface area contributed by atoms with Gasteiger partial charge >= 0.3 is 0 Å². The number of hydrogen-bond acceptors (Lipinski definition) is 4. The van der Waals surface area contributed by atoms with Crippen LogP contribution in [0.4, 0.5) is 0 Å². The van der Waals surface area contributed by atoms with Gasteiger partial charge in [-0.05, 0) is 32.0 Å². The van der Waals surface area contributed by atoms with Crippen molar-refractivity contribution in [3.63, 3.8) is 0 Å². The van der Waals surface area contributed by atoms with Crippen LogP contribution in [0.25, 0.3) is 5.52 Å². The molecule has 106 valence electrons. The number of fused-ring (bicyclic) bond motifs is 1. The Kier molecular flexibility index (Phi) is 3.17. The van der Waals surface area contributed by atoms with Gasteiger partial charge in [-0.1, -0.05) is 6.07 Å². The number of carbonyl (C=O) groups excluding carboxylic acids is 2. The third-order valence-electron chi connectivity index (χ3n) is 3.39. The van der Waals surface area contributed by atoms with E-state index in [0.29, 0.717) is 28.2 Å². The maximum atomic E-state index is 12.3. The SMILES string of the molecule is Cc1cc(C(=O)CC(=O)c2cnn3ccccc23)c(C)o1. The molecule has 0 N–H and O–H groups in total. The third kappa shape index (κ3) is 2.38. The minimum absolute atomic E-state index is 0.184. The molecular formula is C16H14N2O3. The van der Waals surface area contributed by atoms with Crippen LogP contribution in [0.15, 0.2) is 41.1 Å². The first-order valence-corrected chi connectivity index (χ1v) is 6.62. The van der Waals surface area contributed by atoms with Gasteiger partial charge < -0.3 is 4.42 Å². The number of aryl methyl sites for hydroxylation is 2. The molecule has 0 fully saturated rings. The Hall–Kier alpha value is -2.69. The first kappa shape index (κ1) is 13.3. The highest BCUT2D eigenvalue weighted by molar-refractivity contribution is 6.16. The minimum Gasteiger partial charge on any atom is -0.466 e. The highest BCUT2D eigenvalue weighted by atomic mass is 16.3. The molecule has 0 aliphatic carbocycles. The first-order chi connectivity index (χ1) is 10.1. The molecule has 3 aromatic rings. The molecule has 0 unspecified atom stereocenters. The van der Waals surface area contributed by atoms with E-state index in [9.17, 15) is 9.59 Å². The molecule has 0 bridgehead atoms. The predicted octanol–water partition coefficient (Wildman–Crippen LogP) is 3.00. The van der Waals surface area contributed by atoms with E-state index in [0.717, 1.165) is 0 Å². The largest absolute Gasteiger partial charge is 0.466 e. The molecule has 0 spiro atoms. The lowest BCUT2D eigenvalue weighted by molar-refractivity contribution is 0.0894. The topological polar surface area (TPSA) is 64.6 Å². The summed E-state index contributed by atoms with van der Waals surface area (Å²) in [7, 11) is 0. The number of Topliss-reactive ketones (excluding diaryl/α,β-unsaturated/α-hetero) is 2. The van der Waals surface area contributed by atoms with Crippen molar-refractivity contribution in [2.24, 2.45) is 0 Å². The molecule has 0 saturated heterocycles. The van der Waals surface area contributed by atoms with Crippen LogP contribution in [0, 0.1) is 13.8 Å². The van der Waals surface area contributed by atoms with Gasteiger partial charge in [-0.3, -0.25) is 9.59 Å². The van der Waals surface area contributed by atoms with Crippen LogP contribution < -0.4 is 0 Å². The molecule has 0 amide bonds. The Morgan fingerprint density at radius 3 is 2.67 bits per heavy atom. The molecule has 5 nitrogen and oxygen atoms in total. The minimum atomic E-state index is -0.237. The summed E-state index contributed by atoms with van der Waals surface area (Å²) in [5, 5.41) is 4.11. The molecule has 0 aliphatic rings. The number of rotatable bonds is 4. The monoisotopic (exact) mass is 282 g/mol. The van der Waals surface area contributed by atoms with Crippen molar-refractivity contribution < 1.29 is 14.0 Å². The molecule has 3 aromatic heterocycles. The molecule has 0 aromatic carbocycles. The number of aromatic nitrogens is 2. The summed E-state index contributed by atoms with van der Waals surface area (Å²) >= 11 is 0. The maximum Gasteiger partial charge on any atom is 0.174 e. The third-order valence-corrected chi connectivity index (χ3v) is 3.39. The molecule has 0 saturated carbocycles. The number of pyridine rings is 1. The maximum absolute atomic E-state index is 12.3. The van der Waals surface area contributed by atoms with E-state index in [2.05, 4.69) is 5.10 Å². The van der Waals surface area contributed by atoms with Gasteiger partial charge in [0.15, 0.2) is 11.6 Å². The fraction of sp³-hybridized carbons (Fsp3) is 0.188. The van der Waals surface area contributed by atoms with Gasteiger partial charge in [-0.15, -0.1) is 0 Å². The number of carbonyl (C=O) groups is 2. The van der Waals surface area contributed by atoms with E-state index >= 15 is 0 Å². The van der Waals surface area contributed by atoms with Crippen LogP contribution in [0.1, 0.15) is 38.7 Å². The van der Waals surface area contributed by atoms with Crippen LogP contribution in [-0.4, -0.2) is 21.2 Å². The Balaban J connectivity index is 1.86. The highest BCUT2D eigenvalue weighted by Crippen LogP contribution is 2.18. The van der Waals surface area contributed by atoms with Gasteiger partial charge in [0.2, 0.25) is 0 Å². The van der Waals surface area contributed by atoms with Crippen LogP contribution in [0.3, 0.4) is 0 Å². The summed E-state index contributed by atoms with van der Waals surface area (Å²) in [6, 6.07) is 7.13. The van der Waals surface area contributed by atoms with Crippen molar-refractivity contribution >= 4 is 17.1 Å². The molecule has 0 atom stereocenters. The quantitative estimate of drug-likeness (QED) is 0.545. The summed E-state index contributed by atoms with van der Waals surface area (Å²) < 4.78 is 6.95. The fourth-order valence-electron chi connectivity index (χ4n) is 2.39. The second-order valence-electron chi connectivity index (χ2n) is 4.94. The van der Waals surface area contributed by atoms with Crippen molar-refractivity contribution in [2.75, 3.05) is 0 Å². The molecule has 21 heavy (non-hydrogen) atoms. The Labute approximate surface area is 121 Å². The first-order valence-electron chi connectivity index (χ1n) is 6.62. The van der Waals surface area contributed by atoms with E-state index in [1.54, 1.807) is 36.7 Å². The van der Waals surface area contributed by atoms with Crippen molar-refractivity contribution in [3.05, 3.63) is 59.3 Å². The molecule has 5 heteroatoms. The fourth-order valence-corrected chi connectivity index (χ4v) is 2.39. The van der Waals surface area contributed by atoms with Crippen LogP contribution in [0.2, 0.25) is 0 Å². The van der Waals surface area contributed by atoms with E-state index in [-0.39, 0.29) is 18.0 Å². The van der Waals surface area contributed by atoms with Crippen LogP contribution in [0.5, 0.6) is 0 Å². The number of hydrogen-bond donors (Lipinski definition) is 0. The van der Waals surface area contributed by atoms with Gasteiger partial charge in [-0.25, -0.2) is 4.52 Å². The van der Waals surface area contributed by atoms with Gasteiger partial charge in [0.25, 0.3) is 0 Å². The predicted molar refractivity (Wildman–Crippen MR) is 76.7 cm³/mol. The Morgan fingerprint density at radius 1 is 1.19 bits per heavy atom. The van der Waals surface area contributed by atoms with Crippen molar-refractivity contribution in [2.45, 2.75) is 20.3 Å². The Bertz CT molecular complexity index is 842. The lowest BCUT2D eigenvalue weighted by Gasteiger charge is -1.99. The summed E-state index contributed by atoms with van der Waals surface area (Å²) in [4.78, 5) is 24.5. The standard InChI is InChI=1S/C16H14N2O3/c1-10-7-12(11(2)21-10)15(19)8-16(20)13-9-17-18-6-4-3-5-14(13)18/h3-7,9H,8H2,1-2H3. The lowest BCUT2D eigenvalue weighted by Crippen LogP contribution is -2.08. The second kappa shape index (κ2) is 5.01. The zero-order valence-electron chi connectivity index (χ0n) is 11.8. The molecular weight excluding hydrogens is 268 g/mol. The molecule has 3 heterocycles. The van der Waals surface area contributed by atoms with Gasteiger partial charge in [-0.2, -0.15) is 5.10 Å². The van der Waals surface area contributed by atoms with Gasteiger partial charge in [0.05, 0.1) is 29.3 Å². The lowest BCUT2D eigenvalue weighted by atomic mass is 10.0.